The summed E-state index contributed by atoms with van der Waals surface area (Å²) in [4.78, 5) is 0. The molecule has 0 atom stereocenters. The number of rotatable bonds is 0. The summed E-state index contributed by atoms with van der Waals surface area (Å²) in [5.41, 5.74) is 0. The highest BCUT2D eigenvalue weighted by Crippen LogP contribution is 0.847. The maximum Gasteiger partial charge on any atom is -0.114 e. The molecule has 0 aromatic heterocycles. The predicted molar refractivity (Wildman–Crippen MR) is 42.4 cm³/mol. The van der Waals surface area contributed by atoms with Gasteiger partial charge in [-0.05, 0) is 0 Å². The van der Waals surface area contributed by atoms with Crippen LogP contribution >= 0.6 is 71.2 Å². The summed E-state index contributed by atoms with van der Waals surface area (Å²) in [6.45, 7) is 0. The fraction of sp³-hybridized carbons (Fsp3) is 0. The van der Waals surface area contributed by atoms with E-state index in [9.17, 15) is 0 Å². The number of hydrogen-bond acceptors (Lipinski definition) is 0. The van der Waals surface area contributed by atoms with E-state index in [1.54, 1.807) is 0 Å². The third kappa shape index (κ3) is 25.5. The van der Waals surface area contributed by atoms with Crippen LogP contribution in [0.2, 0.25) is 0 Å². The Kier molecular flexibility index (Phi) is 563. The summed E-state index contributed by atoms with van der Waals surface area (Å²) in [5, 5.41) is 0. The average molecular weight is 271 g/mol. The van der Waals surface area contributed by atoms with Crippen LogP contribution in [0.25, 0.3) is 0 Å². The summed E-state index contributed by atoms with van der Waals surface area (Å²) in [6, 6.07) is 0. The molecule has 5 heavy (non-hydrogen) atoms. The van der Waals surface area contributed by atoms with E-state index in [2.05, 4.69) is 0 Å². The molecular weight excluding hydrogens is 266 g/mol. The van der Waals surface area contributed by atoms with E-state index in [0.717, 1.165) is 0 Å². The molecule has 0 aliphatic carbocycles. The van der Waals surface area contributed by atoms with Crippen LogP contribution in [-0.4, -0.2) is 0 Å². The van der Waals surface area contributed by atoms with Crippen molar-refractivity contribution in [2.24, 2.45) is 0 Å². The second-order valence-corrected chi connectivity index (χ2v) is 0. The van der Waals surface area contributed by atoms with Crippen LogP contribution in [0.4, 0.5) is 0 Å². The van der Waals surface area contributed by atoms with Crippen molar-refractivity contribution in [3.05, 3.63) is 0 Å². The predicted octanol–water partition coefficient (Wildman–Crippen LogP) is 2.42. The molecule has 0 aromatic carbocycles. The third-order valence-corrected chi connectivity index (χ3v) is 0. The second-order valence-electron chi connectivity index (χ2n) is 0. The molecule has 0 aliphatic heterocycles. The molecule has 0 rings (SSSR count). The van der Waals surface area contributed by atoms with Crippen molar-refractivity contribution in [2.45, 2.75) is 0 Å². The van der Waals surface area contributed by atoms with E-state index >= 15 is 0 Å². The first-order valence-corrected chi connectivity index (χ1v) is 0. The van der Waals surface area contributed by atoms with Crippen molar-refractivity contribution >= 4 is 71.2 Å². The summed E-state index contributed by atoms with van der Waals surface area (Å²) in [6.07, 6.45) is 0. The monoisotopic (exact) mass is 268 g/mol. The van der Waals surface area contributed by atoms with Crippen LogP contribution in [0.15, 0.2) is 0 Å². The molecule has 0 N–H and O–H groups in total. The molecule has 0 spiro atoms. The van der Waals surface area contributed by atoms with Gasteiger partial charge in [0.1, 0.15) is 0 Å². The Morgan fingerprint density at radius 3 is 0.400 bits per heavy atom. The van der Waals surface area contributed by atoms with Gasteiger partial charge in [0.05, 0.1) is 0 Å². The molecule has 0 saturated carbocycles. The molecule has 0 nitrogen and oxygen atoms in total. The molecule has 0 unspecified atom stereocenters. The maximum atomic E-state index is 0. The normalized spacial score (nSPS) is 0. The third-order valence-electron chi connectivity index (χ3n) is 0. The molecule has 0 radical (unpaired) electrons. The van der Waals surface area contributed by atoms with Crippen molar-refractivity contribution in [1.82, 2.24) is 0 Å². The SMILES string of the molecule is Br.Br.Cl.Cl.Cl. The van der Waals surface area contributed by atoms with Crippen molar-refractivity contribution < 1.29 is 0 Å². The van der Waals surface area contributed by atoms with Gasteiger partial charge in [-0.2, -0.15) is 0 Å². The Hall–Kier alpha value is 1.83. The minimum Gasteiger partial charge on any atom is -0.147 e. The Balaban J connectivity index is 0. The fourth-order valence-corrected chi connectivity index (χ4v) is 0. The van der Waals surface area contributed by atoms with Crippen LogP contribution < -0.4 is 0 Å². The zero-order valence-electron chi connectivity index (χ0n) is 2.04. The Morgan fingerprint density at radius 1 is 0.400 bits per heavy atom. The second kappa shape index (κ2) is 40.6. The summed E-state index contributed by atoms with van der Waals surface area (Å²) < 4.78 is 0. The van der Waals surface area contributed by atoms with Gasteiger partial charge >= 0.3 is 0 Å². The van der Waals surface area contributed by atoms with Gasteiger partial charge in [0.25, 0.3) is 0 Å². The number of hydrogen-bond donors (Lipinski definition) is 0. The molecule has 40 valence electrons. The first kappa shape index (κ1) is 69.3. The average Bonchev–Trinajstić information content (AvgIpc) is 0. The zero-order chi connectivity index (χ0) is 0. The van der Waals surface area contributed by atoms with Gasteiger partial charge in [-0.1, -0.05) is 0 Å². The molecule has 0 saturated heterocycles. The van der Waals surface area contributed by atoms with Crippen molar-refractivity contribution in [2.75, 3.05) is 0 Å². The molecule has 0 aromatic rings. The van der Waals surface area contributed by atoms with Crippen LogP contribution in [0, 0.1) is 0 Å². The van der Waals surface area contributed by atoms with E-state index < -0.39 is 0 Å². The first-order valence-electron chi connectivity index (χ1n) is 0. The van der Waals surface area contributed by atoms with E-state index in [1.807, 2.05) is 0 Å². The first-order chi connectivity index (χ1) is 0. The lowest BCUT2D eigenvalue weighted by atomic mass is 35.5. The lowest BCUT2D eigenvalue weighted by Gasteiger charge is -0.148. The Bertz CT molecular complexity index is 4.85. The van der Waals surface area contributed by atoms with Crippen LogP contribution in [0.1, 0.15) is 0 Å². The van der Waals surface area contributed by atoms with Gasteiger partial charge in [-0.3, -0.25) is 0 Å². The highest BCUT2D eigenvalue weighted by molar-refractivity contribution is 8.93. The molecule has 0 aliphatic rings. The van der Waals surface area contributed by atoms with E-state index in [-0.39, 0.29) is 71.2 Å². The van der Waals surface area contributed by atoms with Crippen molar-refractivity contribution in [1.29, 1.82) is 0 Å². The molecular formula is H5Br2Cl3. The molecule has 0 bridgehead atoms. The number of halogens is 5. The molecule has 5 heteroatoms. The van der Waals surface area contributed by atoms with Crippen molar-refractivity contribution in [3.63, 3.8) is 0 Å². The van der Waals surface area contributed by atoms with E-state index in [0.29, 0.717) is 0 Å². The standard InChI is InChI=1S/2BrH.3ClH/h5*1H. The van der Waals surface area contributed by atoms with Gasteiger partial charge in [-0.25, -0.2) is 0 Å². The minimum atomic E-state index is 0. The van der Waals surface area contributed by atoms with E-state index in [4.69, 9.17) is 0 Å². The Labute approximate surface area is 70.9 Å². The summed E-state index contributed by atoms with van der Waals surface area (Å²) >= 11 is 0. The van der Waals surface area contributed by atoms with Crippen LogP contribution in [0.3, 0.4) is 0 Å². The van der Waals surface area contributed by atoms with Gasteiger partial charge < -0.3 is 0 Å². The fourth-order valence-electron chi connectivity index (χ4n) is 0. The molecule has 0 fully saturated rings. The Morgan fingerprint density at radius 2 is 0.400 bits per heavy atom. The maximum absolute atomic E-state index is 0. The molecule has 0 heterocycles. The van der Waals surface area contributed by atoms with Crippen molar-refractivity contribution in [3.8, 4) is 0 Å². The topological polar surface area (TPSA) is 0 Å². The van der Waals surface area contributed by atoms with Gasteiger partial charge in [-0.15, -0.1) is 71.2 Å². The lowest BCUT2D eigenvalue weighted by Crippen LogP contribution is 0.688. The van der Waals surface area contributed by atoms with Crippen LogP contribution in [0.5, 0.6) is 0 Å². The highest BCUT2D eigenvalue weighted by atomic mass is 79.9. The minimum absolute atomic E-state index is 0. The summed E-state index contributed by atoms with van der Waals surface area (Å²) in [5.74, 6) is 0. The summed E-state index contributed by atoms with van der Waals surface area (Å²) in [7, 11) is 0. The zero-order valence-corrected chi connectivity index (χ0v) is 7.92. The van der Waals surface area contributed by atoms with Gasteiger partial charge in [0.15, 0.2) is 0 Å². The largest absolute Gasteiger partial charge is 0.147 e. The van der Waals surface area contributed by atoms with Gasteiger partial charge in [0, 0.05) is 0 Å². The smallest absolute Gasteiger partial charge is 0.114 e. The quantitative estimate of drug-likeness (QED) is 0.634. The van der Waals surface area contributed by atoms with Gasteiger partial charge in [0.2, 0.25) is 0 Å². The highest BCUT2D eigenvalue weighted by Gasteiger charge is -0.112. The molecule has 0 amide bonds. The van der Waals surface area contributed by atoms with Crippen LogP contribution in [-0.2, 0) is 0 Å². The van der Waals surface area contributed by atoms with E-state index in [1.165, 1.54) is 0 Å². The lowest BCUT2D eigenvalue weighted by molar-refractivity contribution is 5.85.